The molecule has 0 unspecified atom stereocenters. The number of unbranched alkanes of at least 4 members (excludes halogenated alkanes) is 1. The van der Waals surface area contributed by atoms with Crippen molar-refractivity contribution in [3.8, 4) is 11.5 Å². The molecule has 0 saturated carbocycles. The third-order valence-corrected chi connectivity index (χ3v) is 3.07. The van der Waals surface area contributed by atoms with E-state index in [0.717, 1.165) is 12.8 Å². The molecule has 2 aromatic rings. The summed E-state index contributed by atoms with van der Waals surface area (Å²) in [6.45, 7) is 2.03. The van der Waals surface area contributed by atoms with Gasteiger partial charge >= 0.3 is 0 Å². The number of aromatic hydroxyl groups is 2. The maximum Gasteiger partial charge on any atom is 0.150 e. The highest BCUT2D eigenvalue weighted by Crippen LogP contribution is 2.47. The van der Waals surface area contributed by atoms with Crippen molar-refractivity contribution in [2.75, 3.05) is 0 Å². The molecule has 18 heavy (non-hydrogen) atoms. The number of halogens is 1. The van der Waals surface area contributed by atoms with E-state index in [4.69, 9.17) is 11.6 Å². The first-order valence-electron chi connectivity index (χ1n) is 5.81. The van der Waals surface area contributed by atoms with E-state index in [0.29, 0.717) is 10.8 Å². The second-order valence-corrected chi connectivity index (χ2v) is 4.38. The summed E-state index contributed by atoms with van der Waals surface area (Å²) in [5.74, 6) is -0.0468. The van der Waals surface area contributed by atoms with Gasteiger partial charge in [0, 0.05) is 17.0 Å². The monoisotopic (exact) mass is 263 g/mol. The number of hydrogen-bond donors (Lipinski definition) is 2. The molecule has 0 amide bonds. The Kier molecular flexibility index (Phi) is 3.72. The molecule has 0 aliphatic rings. The first-order chi connectivity index (χ1) is 8.66. The number of aliphatic imine (C=N–C) groups is 1. The van der Waals surface area contributed by atoms with E-state index in [1.54, 1.807) is 30.5 Å². The average Bonchev–Trinajstić information content (AvgIpc) is 2.40. The van der Waals surface area contributed by atoms with Gasteiger partial charge in [0.2, 0.25) is 0 Å². The van der Waals surface area contributed by atoms with Crippen LogP contribution in [0, 0.1) is 0 Å². The smallest absolute Gasteiger partial charge is 0.150 e. The standard InChI is InChI=1S/C14H14ClNO2/c1-2-3-8-16-12-11(15)13(17)9-6-4-5-7-10(9)14(12)18/h4-8,17-18H,2-3H2,1H3. The molecular weight excluding hydrogens is 250 g/mol. The first-order valence-corrected chi connectivity index (χ1v) is 6.19. The molecule has 0 heterocycles. The van der Waals surface area contributed by atoms with Crippen LogP contribution in [0.15, 0.2) is 29.3 Å². The molecule has 2 N–H and O–H groups in total. The molecule has 4 heteroatoms. The van der Waals surface area contributed by atoms with E-state index in [1.165, 1.54) is 0 Å². The summed E-state index contributed by atoms with van der Waals surface area (Å²) in [5, 5.41) is 21.3. The topological polar surface area (TPSA) is 52.8 Å². The minimum absolute atomic E-state index is 0.000697. The van der Waals surface area contributed by atoms with Gasteiger partial charge in [0.25, 0.3) is 0 Å². The number of fused-ring (bicyclic) bond motifs is 1. The highest BCUT2D eigenvalue weighted by Gasteiger charge is 2.16. The van der Waals surface area contributed by atoms with Crippen LogP contribution in [-0.2, 0) is 0 Å². The molecule has 0 bridgehead atoms. The van der Waals surface area contributed by atoms with E-state index in [1.807, 2.05) is 6.92 Å². The van der Waals surface area contributed by atoms with Crippen LogP contribution in [0.5, 0.6) is 11.5 Å². The van der Waals surface area contributed by atoms with Crippen LogP contribution < -0.4 is 0 Å². The molecule has 0 fully saturated rings. The number of phenols is 2. The van der Waals surface area contributed by atoms with E-state index in [-0.39, 0.29) is 22.2 Å². The highest BCUT2D eigenvalue weighted by molar-refractivity contribution is 6.36. The van der Waals surface area contributed by atoms with Gasteiger partial charge in [-0.15, -0.1) is 0 Å². The van der Waals surface area contributed by atoms with Gasteiger partial charge in [-0.1, -0.05) is 49.2 Å². The molecule has 94 valence electrons. The molecule has 2 rings (SSSR count). The summed E-state index contributed by atoms with van der Waals surface area (Å²) in [4.78, 5) is 4.14. The minimum Gasteiger partial charge on any atom is -0.506 e. The molecule has 0 aliphatic heterocycles. The Balaban J connectivity index is 2.67. The number of phenolic OH excluding ortho intramolecular Hbond substituents is 2. The summed E-state index contributed by atoms with van der Waals surface area (Å²) in [6, 6.07) is 6.99. The van der Waals surface area contributed by atoms with E-state index in [2.05, 4.69) is 4.99 Å². The van der Waals surface area contributed by atoms with Gasteiger partial charge in [0.15, 0.2) is 5.75 Å². The molecule has 2 aromatic carbocycles. The Hall–Kier alpha value is -1.74. The zero-order valence-corrected chi connectivity index (χ0v) is 10.8. The summed E-state index contributed by atoms with van der Waals surface area (Å²) >= 11 is 6.03. The second kappa shape index (κ2) is 5.27. The highest BCUT2D eigenvalue weighted by atomic mass is 35.5. The third kappa shape index (κ3) is 2.14. The lowest BCUT2D eigenvalue weighted by atomic mass is 10.1. The molecule has 0 saturated heterocycles. The third-order valence-electron chi connectivity index (χ3n) is 2.72. The van der Waals surface area contributed by atoms with E-state index < -0.39 is 0 Å². The molecule has 0 spiro atoms. The van der Waals surface area contributed by atoms with Crippen molar-refractivity contribution in [1.82, 2.24) is 0 Å². The Bertz CT molecular complexity index is 608. The quantitative estimate of drug-likeness (QED) is 0.637. The van der Waals surface area contributed by atoms with Crippen molar-refractivity contribution >= 4 is 34.3 Å². The summed E-state index contributed by atoms with van der Waals surface area (Å²) < 4.78 is 0. The Morgan fingerprint density at radius 3 is 2.39 bits per heavy atom. The van der Waals surface area contributed by atoms with Crippen LogP contribution in [0.3, 0.4) is 0 Å². The maximum absolute atomic E-state index is 10.1. The van der Waals surface area contributed by atoms with Gasteiger partial charge in [-0.05, 0) is 6.42 Å². The fraction of sp³-hybridized carbons (Fsp3) is 0.214. The van der Waals surface area contributed by atoms with Crippen molar-refractivity contribution in [3.63, 3.8) is 0 Å². The summed E-state index contributed by atoms with van der Waals surface area (Å²) in [7, 11) is 0. The molecule has 3 nitrogen and oxygen atoms in total. The number of benzene rings is 2. The van der Waals surface area contributed by atoms with Crippen LogP contribution in [-0.4, -0.2) is 16.4 Å². The number of hydrogen-bond acceptors (Lipinski definition) is 3. The molecular formula is C14H14ClNO2. The van der Waals surface area contributed by atoms with Crippen molar-refractivity contribution < 1.29 is 10.2 Å². The first kappa shape index (κ1) is 12.7. The molecule has 0 atom stereocenters. The Labute approximate surface area is 110 Å². The second-order valence-electron chi connectivity index (χ2n) is 4.01. The van der Waals surface area contributed by atoms with Gasteiger partial charge in [0.05, 0.1) is 0 Å². The van der Waals surface area contributed by atoms with Crippen molar-refractivity contribution in [1.29, 1.82) is 0 Å². The predicted molar refractivity (Wildman–Crippen MR) is 75.3 cm³/mol. The lowest BCUT2D eigenvalue weighted by molar-refractivity contribution is 0.471. The molecule has 0 aliphatic carbocycles. The largest absolute Gasteiger partial charge is 0.506 e. The van der Waals surface area contributed by atoms with Crippen LogP contribution in [0.4, 0.5) is 5.69 Å². The van der Waals surface area contributed by atoms with Crippen LogP contribution in [0.25, 0.3) is 10.8 Å². The normalized spacial score (nSPS) is 11.4. The lowest BCUT2D eigenvalue weighted by Gasteiger charge is -2.09. The number of nitrogens with zero attached hydrogens (tertiary/aromatic N) is 1. The maximum atomic E-state index is 10.1. The average molecular weight is 264 g/mol. The fourth-order valence-corrected chi connectivity index (χ4v) is 2.00. The lowest BCUT2D eigenvalue weighted by Crippen LogP contribution is -1.81. The Morgan fingerprint density at radius 1 is 1.17 bits per heavy atom. The molecule has 0 radical (unpaired) electrons. The van der Waals surface area contributed by atoms with Crippen LogP contribution in [0.2, 0.25) is 5.02 Å². The van der Waals surface area contributed by atoms with Crippen molar-refractivity contribution in [3.05, 3.63) is 29.3 Å². The van der Waals surface area contributed by atoms with Gasteiger partial charge in [-0.3, -0.25) is 4.99 Å². The van der Waals surface area contributed by atoms with Crippen LogP contribution in [0.1, 0.15) is 19.8 Å². The molecule has 0 aromatic heterocycles. The summed E-state index contributed by atoms with van der Waals surface area (Å²) in [5.41, 5.74) is 0.223. The van der Waals surface area contributed by atoms with Gasteiger partial charge in [-0.2, -0.15) is 0 Å². The summed E-state index contributed by atoms with van der Waals surface area (Å²) in [6.07, 6.45) is 3.44. The predicted octanol–water partition coefficient (Wildman–Crippen LogP) is 4.41. The zero-order valence-electron chi connectivity index (χ0n) is 10.0. The van der Waals surface area contributed by atoms with Gasteiger partial charge < -0.3 is 10.2 Å². The van der Waals surface area contributed by atoms with Crippen LogP contribution >= 0.6 is 11.6 Å². The number of rotatable bonds is 3. The van der Waals surface area contributed by atoms with Gasteiger partial charge in [-0.25, -0.2) is 0 Å². The zero-order chi connectivity index (χ0) is 13.1. The SMILES string of the molecule is CCCC=Nc1c(Cl)c(O)c2ccccc2c1O. The Morgan fingerprint density at radius 2 is 1.78 bits per heavy atom. The fourth-order valence-electron chi connectivity index (χ4n) is 1.76. The van der Waals surface area contributed by atoms with Crippen molar-refractivity contribution in [2.24, 2.45) is 4.99 Å². The van der Waals surface area contributed by atoms with Crippen molar-refractivity contribution in [2.45, 2.75) is 19.8 Å². The minimum atomic E-state index is -0.0475. The van der Waals surface area contributed by atoms with E-state index >= 15 is 0 Å². The van der Waals surface area contributed by atoms with E-state index in [9.17, 15) is 10.2 Å². The van der Waals surface area contributed by atoms with Gasteiger partial charge in [0.1, 0.15) is 16.5 Å².